The highest BCUT2D eigenvalue weighted by atomic mass is 79.9. The van der Waals surface area contributed by atoms with Gasteiger partial charge < -0.3 is 5.32 Å². The summed E-state index contributed by atoms with van der Waals surface area (Å²) in [6, 6.07) is 14.5. The Labute approximate surface area is 138 Å². The van der Waals surface area contributed by atoms with Crippen molar-refractivity contribution in [3.8, 4) is 0 Å². The van der Waals surface area contributed by atoms with Crippen LogP contribution in [0.5, 0.6) is 0 Å². The highest BCUT2D eigenvalue weighted by molar-refractivity contribution is 9.10. The van der Waals surface area contributed by atoms with Crippen LogP contribution in [0.3, 0.4) is 0 Å². The molecule has 1 nitrogen and oxygen atoms in total. The Morgan fingerprint density at radius 3 is 2.70 bits per heavy atom. The molecule has 0 aliphatic heterocycles. The SMILES string of the molecule is CCCNCc1ccc(Sc2ccccc2Br)cc1Cl. The van der Waals surface area contributed by atoms with Crippen LogP contribution in [-0.2, 0) is 6.54 Å². The van der Waals surface area contributed by atoms with Gasteiger partial charge in [-0.1, -0.05) is 48.5 Å². The molecule has 0 fully saturated rings. The van der Waals surface area contributed by atoms with Crippen LogP contribution >= 0.6 is 39.3 Å². The van der Waals surface area contributed by atoms with Crippen LogP contribution in [0.2, 0.25) is 5.02 Å². The van der Waals surface area contributed by atoms with Gasteiger partial charge in [0.25, 0.3) is 0 Å². The normalized spacial score (nSPS) is 10.8. The van der Waals surface area contributed by atoms with Gasteiger partial charge in [0.1, 0.15) is 0 Å². The van der Waals surface area contributed by atoms with E-state index in [2.05, 4.69) is 46.4 Å². The third-order valence-corrected chi connectivity index (χ3v) is 5.20. The first-order valence-corrected chi connectivity index (χ1v) is 8.61. The molecule has 20 heavy (non-hydrogen) atoms. The van der Waals surface area contributed by atoms with E-state index in [9.17, 15) is 0 Å². The fourth-order valence-corrected chi connectivity index (χ4v) is 3.51. The lowest BCUT2D eigenvalue weighted by molar-refractivity contribution is 0.675. The van der Waals surface area contributed by atoms with Gasteiger partial charge in [-0.2, -0.15) is 0 Å². The molecular weight excluding hydrogens is 354 g/mol. The molecule has 0 heterocycles. The predicted octanol–water partition coefficient (Wildman–Crippen LogP) is 5.75. The Hall–Kier alpha value is -0.480. The molecule has 1 N–H and O–H groups in total. The summed E-state index contributed by atoms with van der Waals surface area (Å²) in [4.78, 5) is 2.35. The van der Waals surface area contributed by atoms with Gasteiger partial charge in [0, 0.05) is 25.8 Å². The fourth-order valence-electron chi connectivity index (χ4n) is 1.79. The molecule has 2 rings (SSSR count). The molecule has 0 amide bonds. The molecule has 0 spiro atoms. The van der Waals surface area contributed by atoms with Crippen LogP contribution in [0, 0.1) is 0 Å². The summed E-state index contributed by atoms with van der Waals surface area (Å²) >= 11 is 11.6. The molecule has 0 aromatic heterocycles. The van der Waals surface area contributed by atoms with E-state index in [-0.39, 0.29) is 0 Å². The van der Waals surface area contributed by atoms with Crippen molar-refractivity contribution < 1.29 is 0 Å². The zero-order chi connectivity index (χ0) is 14.4. The Kier molecular flexibility index (Phi) is 6.43. The Morgan fingerprint density at radius 2 is 2.00 bits per heavy atom. The Morgan fingerprint density at radius 1 is 1.20 bits per heavy atom. The number of nitrogens with one attached hydrogen (secondary N) is 1. The fraction of sp³-hybridized carbons (Fsp3) is 0.250. The van der Waals surface area contributed by atoms with Gasteiger partial charge in [-0.05, 0) is 58.7 Å². The van der Waals surface area contributed by atoms with Gasteiger partial charge in [0.05, 0.1) is 0 Å². The molecule has 0 saturated heterocycles. The molecule has 0 unspecified atom stereocenters. The first-order valence-electron chi connectivity index (χ1n) is 6.62. The average Bonchev–Trinajstić information content (AvgIpc) is 2.44. The second-order valence-electron chi connectivity index (χ2n) is 4.46. The van der Waals surface area contributed by atoms with E-state index >= 15 is 0 Å². The molecule has 4 heteroatoms. The second kappa shape index (κ2) is 8.08. The number of benzene rings is 2. The molecule has 2 aromatic rings. The van der Waals surface area contributed by atoms with E-state index in [4.69, 9.17) is 11.6 Å². The minimum absolute atomic E-state index is 0.825. The van der Waals surface area contributed by atoms with Crippen molar-refractivity contribution in [3.63, 3.8) is 0 Å². The van der Waals surface area contributed by atoms with Crippen LogP contribution in [0.25, 0.3) is 0 Å². The Balaban J connectivity index is 2.07. The molecule has 0 saturated carbocycles. The lowest BCUT2D eigenvalue weighted by atomic mass is 10.2. The Bertz CT molecular complexity index is 574. The van der Waals surface area contributed by atoms with Crippen LogP contribution in [0.4, 0.5) is 0 Å². The third-order valence-electron chi connectivity index (χ3n) is 2.83. The number of halogens is 2. The van der Waals surface area contributed by atoms with E-state index in [0.29, 0.717) is 0 Å². The monoisotopic (exact) mass is 369 g/mol. The summed E-state index contributed by atoms with van der Waals surface area (Å²) in [5, 5.41) is 4.20. The maximum Gasteiger partial charge on any atom is 0.0462 e. The standard InChI is InChI=1S/C16H17BrClNS/c1-2-9-19-11-12-7-8-13(10-15(12)18)20-16-6-4-3-5-14(16)17/h3-8,10,19H,2,9,11H2,1H3. The summed E-state index contributed by atoms with van der Waals surface area (Å²) in [5.41, 5.74) is 1.15. The van der Waals surface area contributed by atoms with Crippen molar-refractivity contribution in [2.45, 2.75) is 29.7 Å². The van der Waals surface area contributed by atoms with E-state index in [1.807, 2.05) is 24.3 Å². The first-order chi connectivity index (χ1) is 9.70. The largest absolute Gasteiger partial charge is 0.313 e. The van der Waals surface area contributed by atoms with Crippen LogP contribution in [-0.4, -0.2) is 6.54 Å². The number of hydrogen-bond donors (Lipinski definition) is 1. The average molecular weight is 371 g/mol. The highest BCUT2D eigenvalue weighted by Crippen LogP contribution is 2.35. The molecule has 0 aliphatic carbocycles. The van der Waals surface area contributed by atoms with Gasteiger partial charge >= 0.3 is 0 Å². The van der Waals surface area contributed by atoms with E-state index in [1.165, 1.54) is 4.90 Å². The lowest BCUT2D eigenvalue weighted by Gasteiger charge is -2.09. The molecule has 106 valence electrons. The van der Waals surface area contributed by atoms with E-state index < -0.39 is 0 Å². The van der Waals surface area contributed by atoms with Gasteiger partial charge in [-0.15, -0.1) is 0 Å². The minimum atomic E-state index is 0.825. The zero-order valence-electron chi connectivity index (χ0n) is 11.3. The van der Waals surface area contributed by atoms with Crippen molar-refractivity contribution in [2.24, 2.45) is 0 Å². The summed E-state index contributed by atoms with van der Waals surface area (Å²) < 4.78 is 1.11. The molecule has 0 radical (unpaired) electrons. The van der Waals surface area contributed by atoms with E-state index in [0.717, 1.165) is 39.5 Å². The van der Waals surface area contributed by atoms with Gasteiger partial charge in [0.15, 0.2) is 0 Å². The molecule has 0 aliphatic rings. The van der Waals surface area contributed by atoms with Crippen molar-refractivity contribution in [2.75, 3.05) is 6.54 Å². The maximum atomic E-state index is 6.35. The van der Waals surface area contributed by atoms with Gasteiger partial charge in [-0.3, -0.25) is 0 Å². The molecule has 0 atom stereocenters. The molecule has 0 bridgehead atoms. The third kappa shape index (κ3) is 4.52. The zero-order valence-corrected chi connectivity index (χ0v) is 14.5. The first kappa shape index (κ1) is 15.9. The summed E-state index contributed by atoms with van der Waals surface area (Å²) in [6.07, 6.45) is 1.13. The molecule has 2 aromatic carbocycles. The predicted molar refractivity (Wildman–Crippen MR) is 91.7 cm³/mol. The minimum Gasteiger partial charge on any atom is -0.313 e. The van der Waals surface area contributed by atoms with E-state index in [1.54, 1.807) is 11.8 Å². The maximum absolute atomic E-state index is 6.35. The van der Waals surface area contributed by atoms with Crippen molar-refractivity contribution in [3.05, 3.63) is 57.5 Å². The second-order valence-corrected chi connectivity index (χ2v) is 6.84. The molecular formula is C16H17BrClNS. The quantitative estimate of drug-likeness (QED) is 0.649. The van der Waals surface area contributed by atoms with Crippen LogP contribution < -0.4 is 5.32 Å². The van der Waals surface area contributed by atoms with Crippen LogP contribution in [0.15, 0.2) is 56.7 Å². The smallest absolute Gasteiger partial charge is 0.0462 e. The topological polar surface area (TPSA) is 12.0 Å². The van der Waals surface area contributed by atoms with Crippen LogP contribution in [0.1, 0.15) is 18.9 Å². The number of rotatable bonds is 6. The summed E-state index contributed by atoms with van der Waals surface area (Å²) in [7, 11) is 0. The lowest BCUT2D eigenvalue weighted by Crippen LogP contribution is -2.13. The van der Waals surface area contributed by atoms with Crippen molar-refractivity contribution in [1.82, 2.24) is 5.32 Å². The van der Waals surface area contributed by atoms with Gasteiger partial charge in [-0.25, -0.2) is 0 Å². The summed E-state index contributed by atoms with van der Waals surface area (Å²) in [5.74, 6) is 0. The number of hydrogen-bond acceptors (Lipinski definition) is 2. The van der Waals surface area contributed by atoms with Gasteiger partial charge in [0.2, 0.25) is 0 Å². The summed E-state index contributed by atoms with van der Waals surface area (Å²) in [6.45, 7) is 4.00. The highest BCUT2D eigenvalue weighted by Gasteiger charge is 2.05. The van der Waals surface area contributed by atoms with Crippen molar-refractivity contribution >= 4 is 39.3 Å². The van der Waals surface area contributed by atoms with Crippen molar-refractivity contribution in [1.29, 1.82) is 0 Å².